The number of amides is 1. The predicted molar refractivity (Wildman–Crippen MR) is 96.5 cm³/mol. The van der Waals surface area contributed by atoms with E-state index in [4.69, 9.17) is 4.74 Å². The summed E-state index contributed by atoms with van der Waals surface area (Å²) in [5.41, 5.74) is 0.720. The van der Waals surface area contributed by atoms with E-state index in [-0.39, 0.29) is 5.91 Å². The lowest BCUT2D eigenvalue weighted by Gasteiger charge is -2.37. The lowest BCUT2D eigenvalue weighted by molar-refractivity contribution is 0.0877. The Labute approximate surface area is 145 Å². The third-order valence-corrected chi connectivity index (χ3v) is 5.52. The number of carbonyl (C=O) groups is 1. The molecular formula is C20H30N2O2. The van der Waals surface area contributed by atoms with Crippen molar-refractivity contribution in [3.05, 3.63) is 29.8 Å². The van der Waals surface area contributed by atoms with Crippen LogP contribution in [0.5, 0.6) is 5.75 Å². The van der Waals surface area contributed by atoms with Crippen LogP contribution in [0.1, 0.15) is 55.3 Å². The number of benzene rings is 1. The Morgan fingerprint density at radius 3 is 2.50 bits per heavy atom. The van der Waals surface area contributed by atoms with Crippen LogP contribution in [0.15, 0.2) is 24.3 Å². The van der Waals surface area contributed by atoms with Crippen LogP contribution in [0.3, 0.4) is 0 Å². The minimum Gasteiger partial charge on any atom is -0.497 e. The Morgan fingerprint density at radius 1 is 1.08 bits per heavy atom. The van der Waals surface area contributed by atoms with E-state index in [0.717, 1.165) is 24.3 Å². The van der Waals surface area contributed by atoms with Crippen molar-refractivity contribution in [2.75, 3.05) is 26.7 Å². The monoisotopic (exact) mass is 330 g/mol. The SMILES string of the molecule is COc1ccc(C(=O)NC2CCCC[C@H]2CN2CCCCC2)cc1. The molecule has 1 aliphatic heterocycles. The molecule has 0 bridgehead atoms. The fourth-order valence-corrected chi connectivity index (χ4v) is 4.08. The van der Waals surface area contributed by atoms with Crippen molar-refractivity contribution >= 4 is 5.91 Å². The summed E-state index contributed by atoms with van der Waals surface area (Å²) in [5, 5.41) is 3.31. The molecule has 4 heteroatoms. The van der Waals surface area contributed by atoms with E-state index in [1.165, 1.54) is 51.6 Å². The Kier molecular flexibility index (Phi) is 6.13. The van der Waals surface area contributed by atoms with Gasteiger partial charge < -0.3 is 15.0 Å². The van der Waals surface area contributed by atoms with Crippen LogP contribution in [-0.2, 0) is 0 Å². The van der Waals surface area contributed by atoms with Crippen molar-refractivity contribution in [1.82, 2.24) is 10.2 Å². The summed E-state index contributed by atoms with van der Waals surface area (Å²) < 4.78 is 5.16. The highest BCUT2D eigenvalue weighted by molar-refractivity contribution is 5.94. The molecule has 1 saturated carbocycles. The second kappa shape index (κ2) is 8.52. The van der Waals surface area contributed by atoms with Crippen molar-refractivity contribution in [3.63, 3.8) is 0 Å². The number of carbonyl (C=O) groups excluding carboxylic acids is 1. The maximum Gasteiger partial charge on any atom is 0.251 e. The summed E-state index contributed by atoms with van der Waals surface area (Å²) in [4.78, 5) is 15.2. The van der Waals surface area contributed by atoms with Crippen LogP contribution in [0, 0.1) is 5.92 Å². The van der Waals surface area contributed by atoms with E-state index in [9.17, 15) is 4.79 Å². The molecule has 1 heterocycles. The molecule has 0 spiro atoms. The van der Waals surface area contributed by atoms with Crippen molar-refractivity contribution in [3.8, 4) is 5.75 Å². The molecule has 1 unspecified atom stereocenters. The van der Waals surface area contributed by atoms with E-state index in [1.54, 1.807) is 7.11 Å². The quantitative estimate of drug-likeness (QED) is 0.899. The molecule has 1 aromatic carbocycles. The van der Waals surface area contributed by atoms with Crippen molar-refractivity contribution < 1.29 is 9.53 Å². The first-order chi connectivity index (χ1) is 11.8. The van der Waals surface area contributed by atoms with Gasteiger partial charge in [-0.3, -0.25) is 4.79 Å². The maximum absolute atomic E-state index is 12.6. The molecule has 2 fully saturated rings. The number of nitrogens with one attached hydrogen (secondary N) is 1. The molecule has 0 aromatic heterocycles. The Bertz CT molecular complexity index is 523. The standard InChI is InChI=1S/C20H30N2O2/c1-24-18-11-9-16(10-12-18)20(23)21-19-8-4-3-7-17(19)15-22-13-5-2-6-14-22/h9-12,17,19H,2-8,13-15H2,1H3,(H,21,23)/t17-,19?/m0/s1. The molecule has 0 radical (unpaired) electrons. The lowest BCUT2D eigenvalue weighted by Crippen LogP contribution is -2.47. The minimum absolute atomic E-state index is 0.0493. The molecule has 2 atom stereocenters. The molecule has 2 aliphatic rings. The van der Waals surface area contributed by atoms with E-state index in [0.29, 0.717) is 12.0 Å². The zero-order valence-electron chi connectivity index (χ0n) is 14.8. The molecule has 132 valence electrons. The smallest absolute Gasteiger partial charge is 0.251 e. The Morgan fingerprint density at radius 2 is 1.79 bits per heavy atom. The van der Waals surface area contributed by atoms with E-state index in [1.807, 2.05) is 24.3 Å². The first kappa shape index (κ1) is 17.3. The normalized spacial score (nSPS) is 25.2. The molecular weight excluding hydrogens is 300 g/mol. The van der Waals surface area contributed by atoms with Gasteiger partial charge in [-0.15, -0.1) is 0 Å². The van der Waals surface area contributed by atoms with Crippen LogP contribution in [0.25, 0.3) is 0 Å². The molecule has 24 heavy (non-hydrogen) atoms. The number of likely N-dealkylation sites (tertiary alicyclic amines) is 1. The maximum atomic E-state index is 12.6. The first-order valence-electron chi connectivity index (χ1n) is 9.43. The molecule has 1 N–H and O–H groups in total. The van der Waals surface area contributed by atoms with Gasteiger partial charge in [-0.2, -0.15) is 0 Å². The Balaban J connectivity index is 1.58. The third kappa shape index (κ3) is 4.50. The number of hydrogen-bond donors (Lipinski definition) is 1. The number of ether oxygens (including phenoxy) is 1. The summed E-state index contributed by atoms with van der Waals surface area (Å²) in [6.45, 7) is 3.61. The van der Waals surface area contributed by atoms with E-state index < -0.39 is 0 Å². The Hall–Kier alpha value is -1.55. The summed E-state index contributed by atoms with van der Waals surface area (Å²) in [6.07, 6.45) is 8.91. The zero-order valence-corrected chi connectivity index (χ0v) is 14.8. The lowest BCUT2D eigenvalue weighted by atomic mass is 9.83. The topological polar surface area (TPSA) is 41.6 Å². The van der Waals surface area contributed by atoms with Crippen molar-refractivity contribution in [2.45, 2.75) is 51.0 Å². The molecule has 3 rings (SSSR count). The molecule has 1 saturated heterocycles. The molecule has 1 aliphatic carbocycles. The molecule has 1 amide bonds. The molecule has 4 nitrogen and oxygen atoms in total. The van der Waals surface area contributed by atoms with Crippen LogP contribution >= 0.6 is 0 Å². The van der Waals surface area contributed by atoms with Crippen molar-refractivity contribution in [1.29, 1.82) is 0 Å². The predicted octanol–water partition coefficient (Wildman–Crippen LogP) is 3.47. The number of hydrogen-bond acceptors (Lipinski definition) is 3. The minimum atomic E-state index is 0.0493. The van der Waals surface area contributed by atoms with Gasteiger partial charge in [-0.1, -0.05) is 19.3 Å². The second-order valence-electron chi connectivity index (χ2n) is 7.21. The number of piperidine rings is 1. The number of methoxy groups -OCH3 is 1. The highest BCUT2D eigenvalue weighted by Crippen LogP contribution is 2.27. The van der Waals surface area contributed by atoms with Gasteiger partial charge in [0.15, 0.2) is 0 Å². The largest absolute Gasteiger partial charge is 0.497 e. The summed E-state index contributed by atoms with van der Waals surface area (Å²) >= 11 is 0. The first-order valence-corrected chi connectivity index (χ1v) is 9.43. The summed E-state index contributed by atoms with van der Waals surface area (Å²) in [7, 11) is 1.64. The van der Waals surface area contributed by atoms with Gasteiger partial charge in [0.2, 0.25) is 0 Å². The van der Waals surface area contributed by atoms with Crippen LogP contribution < -0.4 is 10.1 Å². The van der Waals surface area contributed by atoms with E-state index >= 15 is 0 Å². The van der Waals surface area contributed by atoms with Crippen LogP contribution in [0.2, 0.25) is 0 Å². The highest BCUT2D eigenvalue weighted by atomic mass is 16.5. The fraction of sp³-hybridized carbons (Fsp3) is 0.650. The van der Waals surface area contributed by atoms with Gasteiger partial charge in [-0.05, 0) is 69.0 Å². The van der Waals surface area contributed by atoms with Gasteiger partial charge in [0.25, 0.3) is 5.91 Å². The van der Waals surface area contributed by atoms with E-state index in [2.05, 4.69) is 10.2 Å². The van der Waals surface area contributed by atoms with Crippen LogP contribution in [0.4, 0.5) is 0 Å². The van der Waals surface area contributed by atoms with Crippen LogP contribution in [-0.4, -0.2) is 43.6 Å². The van der Waals surface area contributed by atoms with Crippen molar-refractivity contribution in [2.24, 2.45) is 5.92 Å². The van der Waals surface area contributed by atoms with Gasteiger partial charge in [0, 0.05) is 18.2 Å². The average molecular weight is 330 g/mol. The van der Waals surface area contributed by atoms with Gasteiger partial charge in [0.1, 0.15) is 5.75 Å². The third-order valence-electron chi connectivity index (χ3n) is 5.52. The zero-order chi connectivity index (χ0) is 16.8. The summed E-state index contributed by atoms with van der Waals surface area (Å²) in [5.74, 6) is 1.43. The average Bonchev–Trinajstić information content (AvgIpc) is 2.64. The summed E-state index contributed by atoms with van der Waals surface area (Å²) in [6, 6.07) is 7.70. The number of nitrogens with zero attached hydrogens (tertiary/aromatic N) is 1. The fourth-order valence-electron chi connectivity index (χ4n) is 4.08. The number of rotatable bonds is 5. The van der Waals surface area contributed by atoms with Gasteiger partial charge in [-0.25, -0.2) is 0 Å². The van der Waals surface area contributed by atoms with Gasteiger partial charge in [0.05, 0.1) is 7.11 Å². The second-order valence-corrected chi connectivity index (χ2v) is 7.21. The molecule has 1 aromatic rings. The highest BCUT2D eigenvalue weighted by Gasteiger charge is 2.28. The van der Waals surface area contributed by atoms with Gasteiger partial charge >= 0.3 is 0 Å².